The SMILES string of the molecule is CCCC(=NNC(=O)CNC(=O)C(c1ccccc1)c1ccccc1)c1ccccc1. The van der Waals surface area contributed by atoms with E-state index in [1.54, 1.807) is 0 Å². The van der Waals surface area contributed by atoms with Crippen LogP contribution in [0.2, 0.25) is 0 Å². The Hall–Kier alpha value is -3.73. The largest absolute Gasteiger partial charge is 0.346 e. The fourth-order valence-electron chi connectivity index (χ4n) is 3.36. The Morgan fingerprint density at radius 3 is 1.84 bits per heavy atom. The molecule has 0 heterocycles. The van der Waals surface area contributed by atoms with E-state index in [0.29, 0.717) is 0 Å². The van der Waals surface area contributed by atoms with Crippen molar-refractivity contribution in [3.05, 3.63) is 108 Å². The van der Waals surface area contributed by atoms with Crippen molar-refractivity contribution in [3.8, 4) is 0 Å². The van der Waals surface area contributed by atoms with E-state index in [2.05, 4.69) is 22.8 Å². The van der Waals surface area contributed by atoms with Crippen LogP contribution in [0.25, 0.3) is 0 Å². The Morgan fingerprint density at radius 2 is 1.32 bits per heavy atom. The lowest BCUT2D eigenvalue weighted by molar-refractivity contribution is -0.126. The second-order valence-electron chi connectivity index (χ2n) is 7.18. The van der Waals surface area contributed by atoms with Gasteiger partial charge in [-0.3, -0.25) is 9.59 Å². The molecule has 5 nitrogen and oxygen atoms in total. The monoisotopic (exact) mass is 413 g/mol. The molecule has 2 N–H and O–H groups in total. The summed E-state index contributed by atoms with van der Waals surface area (Å²) in [4.78, 5) is 25.3. The number of hydrazone groups is 1. The zero-order valence-corrected chi connectivity index (χ0v) is 17.6. The van der Waals surface area contributed by atoms with E-state index in [0.717, 1.165) is 35.2 Å². The molecule has 3 aromatic carbocycles. The summed E-state index contributed by atoms with van der Waals surface area (Å²) in [5.41, 5.74) is 6.11. The maximum atomic E-state index is 13.0. The number of nitrogens with one attached hydrogen (secondary N) is 2. The number of amides is 2. The smallest absolute Gasteiger partial charge is 0.259 e. The lowest BCUT2D eigenvalue weighted by atomic mass is 9.90. The molecule has 31 heavy (non-hydrogen) atoms. The van der Waals surface area contributed by atoms with Gasteiger partial charge in [0.15, 0.2) is 0 Å². The van der Waals surface area contributed by atoms with E-state index in [9.17, 15) is 9.59 Å². The molecule has 0 aliphatic rings. The molecule has 0 atom stereocenters. The molecule has 0 aliphatic heterocycles. The molecule has 0 fully saturated rings. The average Bonchev–Trinajstić information content (AvgIpc) is 2.82. The molecular weight excluding hydrogens is 386 g/mol. The summed E-state index contributed by atoms with van der Waals surface area (Å²) in [6.07, 6.45) is 1.66. The van der Waals surface area contributed by atoms with E-state index >= 15 is 0 Å². The van der Waals surface area contributed by atoms with E-state index in [1.807, 2.05) is 91.0 Å². The maximum absolute atomic E-state index is 13.0. The van der Waals surface area contributed by atoms with Gasteiger partial charge >= 0.3 is 0 Å². The topological polar surface area (TPSA) is 70.6 Å². The first-order valence-electron chi connectivity index (χ1n) is 10.5. The van der Waals surface area contributed by atoms with Crippen LogP contribution in [0.15, 0.2) is 96.1 Å². The van der Waals surface area contributed by atoms with Crippen LogP contribution in [0, 0.1) is 0 Å². The van der Waals surface area contributed by atoms with Gasteiger partial charge in [-0.2, -0.15) is 5.10 Å². The molecule has 0 saturated carbocycles. The van der Waals surface area contributed by atoms with Crippen LogP contribution in [-0.4, -0.2) is 24.1 Å². The Bertz CT molecular complexity index is 963. The first-order valence-corrected chi connectivity index (χ1v) is 10.5. The van der Waals surface area contributed by atoms with Gasteiger partial charge in [-0.15, -0.1) is 0 Å². The van der Waals surface area contributed by atoms with Crippen LogP contribution in [0.3, 0.4) is 0 Å². The highest BCUT2D eigenvalue weighted by molar-refractivity contribution is 6.01. The van der Waals surface area contributed by atoms with Crippen LogP contribution >= 0.6 is 0 Å². The van der Waals surface area contributed by atoms with Crippen molar-refractivity contribution in [2.45, 2.75) is 25.7 Å². The van der Waals surface area contributed by atoms with Gasteiger partial charge in [0.2, 0.25) is 5.91 Å². The third-order valence-corrected chi connectivity index (χ3v) is 4.86. The van der Waals surface area contributed by atoms with Gasteiger partial charge in [-0.25, -0.2) is 5.43 Å². The maximum Gasteiger partial charge on any atom is 0.259 e. The second kappa shape index (κ2) is 11.5. The van der Waals surface area contributed by atoms with Crippen LogP contribution in [0.1, 0.15) is 42.4 Å². The summed E-state index contributed by atoms with van der Waals surface area (Å²) in [5.74, 6) is -1.08. The number of benzene rings is 3. The first-order chi connectivity index (χ1) is 15.2. The Balaban J connectivity index is 1.66. The minimum absolute atomic E-state index is 0.146. The molecule has 2 amide bonds. The molecule has 0 unspecified atom stereocenters. The van der Waals surface area contributed by atoms with Gasteiger partial charge < -0.3 is 5.32 Å². The van der Waals surface area contributed by atoms with Gasteiger partial charge in [0.05, 0.1) is 18.2 Å². The highest BCUT2D eigenvalue weighted by Crippen LogP contribution is 2.24. The summed E-state index contributed by atoms with van der Waals surface area (Å²) in [6, 6.07) is 28.8. The molecule has 0 saturated heterocycles. The number of rotatable bonds is 9. The molecule has 0 aliphatic carbocycles. The highest BCUT2D eigenvalue weighted by Gasteiger charge is 2.22. The molecule has 0 radical (unpaired) electrons. The summed E-state index contributed by atoms with van der Waals surface area (Å²) in [5, 5.41) is 7.04. The first kappa shape index (κ1) is 22.0. The third kappa shape index (κ3) is 6.37. The minimum Gasteiger partial charge on any atom is -0.346 e. The zero-order chi connectivity index (χ0) is 21.9. The summed E-state index contributed by atoms with van der Waals surface area (Å²) in [7, 11) is 0. The van der Waals surface area contributed by atoms with Crippen molar-refractivity contribution < 1.29 is 9.59 Å². The molecule has 0 spiro atoms. The molecule has 0 bridgehead atoms. The number of carbonyl (C=O) groups is 2. The van der Waals surface area contributed by atoms with Gasteiger partial charge in [0, 0.05) is 0 Å². The van der Waals surface area contributed by atoms with E-state index in [-0.39, 0.29) is 18.4 Å². The fraction of sp³-hybridized carbons (Fsp3) is 0.192. The quantitative estimate of drug-likeness (QED) is 0.407. The number of hydrogen-bond acceptors (Lipinski definition) is 3. The van der Waals surface area contributed by atoms with Crippen LogP contribution in [0.4, 0.5) is 0 Å². The predicted molar refractivity (Wildman–Crippen MR) is 124 cm³/mol. The lowest BCUT2D eigenvalue weighted by Gasteiger charge is -2.17. The molecule has 0 aromatic heterocycles. The highest BCUT2D eigenvalue weighted by atomic mass is 16.2. The predicted octanol–water partition coefficient (Wildman–Crippen LogP) is 4.26. The standard InChI is InChI=1S/C26H27N3O2/c1-2-12-23(20-13-6-3-7-14-20)28-29-24(30)19-27-26(31)25(21-15-8-4-9-16-21)22-17-10-5-11-18-22/h3-11,13-18,25H,2,12,19H2,1H3,(H,27,31)(H,29,30). The number of carbonyl (C=O) groups excluding carboxylic acids is 2. The van der Waals surface area contributed by atoms with Crippen LogP contribution in [0.5, 0.6) is 0 Å². The van der Waals surface area contributed by atoms with E-state index < -0.39 is 5.92 Å². The van der Waals surface area contributed by atoms with Crippen molar-refractivity contribution in [2.75, 3.05) is 6.54 Å². The van der Waals surface area contributed by atoms with Crippen molar-refractivity contribution in [2.24, 2.45) is 5.10 Å². The Morgan fingerprint density at radius 1 is 0.806 bits per heavy atom. The Kier molecular flexibility index (Phi) is 8.12. The molecular formula is C26H27N3O2. The number of nitrogens with zero attached hydrogens (tertiary/aromatic N) is 1. The zero-order valence-electron chi connectivity index (χ0n) is 17.6. The normalized spacial score (nSPS) is 11.2. The summed E-state index contributed by atoms with van der Waals surface area (Å²) < 4.78 is 0. The van der Waals surface area contributed by atoms with E-state index in [4.69, 9.17) is 0 Å². The van der Waals surface area contributed by atoms with E-state index in [1.165, 1.54) is 0 Å². The average molecular weight is 414 g/mol. The second-order valence-corrected chi connectivity index (χ2v) is 7.18. The van der Waals surface area contributed by atoms with Crippen LogP contribution in [-0.2, 0) is 9.59 Å². The van der Waals surface area contributed by atoms with Crippen LogP contribution < -0.4 is 10.7 Å². The summed E-state index contributed by atoms with van der Waals surface area (Å²) in [6.45, 7) is 1.92. The van der Waals surface area contributed by atoms with Gasteiger partial charge in [0.25, 0.3) is 5.91 Å². The minimum atomic E-state index is -0.487. The molecule has 5 heteroatoms. The summed E-state index contributed by atoms with van der Waals surface area (Å²) >= 11 is 0. The molecule has 158 valence electrons. The number of hydrogen-bond donors (Lipinski definition) is 2. The lowest BCUT2D eigenvalue weighted by Crippen LogP contribution is -2.38. The fourth-order valence-corrected chi connectivity index (χ4v) is 3.36. The molecule has 3 rings (SSSR count). The van der Waals surface area contributed by atoms with Gasteiger partial charge in [-0.1, -0.05) is 104 Å². The Labute approximate surface area is 183 Å². The van der Waals surface area contributed by atoms with Gasteiger partial charge in [0.1, 0.15) is 0 Å². The van der Waals surface area contributed by atoms with Crippen molar-refractivity contribution in [1.82, 2.24) is 10.7 Å². The van der Waals surface area contributed by atoms with Crippen molar-refractivity contribution in [1.29, 1.82) is 0 Å². The molecule has 3 aromatic rings. The van der Waals surface area contributed by atoms with Crippen molar-refractivity contribution >= 4 is 17.5 Å². The third-order valence-electron chi connectivity index (χ3n) is 4.86. The van der Waals surface area contributed by atoms with Gasteiger partial charge in [-0.05, 0) is 23.1 Å². The van der Waals surface area contributed by atoms with Crippen molar-refractivity contribution in [3.63, 3.8) is 0 Å².